The third kappa shape index (κ3) is 2.98. The molecule has 1 N–H and O–H groups in total. The molecule has 0 amide bonds. The van der Waals surface area contributed by atoms with E-state index in [1.165, 1.54) is 6.07 Å². The summed E-state index contributed by atoms with van der Waals surface area (Å²) in [5.74, 6) is 0.789. The van der Waals surface area contributed by atoms with Crippen molar-refractivity contribution >= 4 is 11.3 Å². The van der Waals surface area contributed by atoms with E-state index in [0.29, 0.717) is 17.9 Å². The van der Waals surface area contributed by atoms with Crippen LogP contribution in [0.25, 0.3) is 5.52 Å². The zero-order valence-corrected chi connectivity index (χ0v) is 11.8. The number of anilines is 1. The lowest BCUT2D eigenvalue weighted by molar-refractivity contribution is -0.0504. The molecule has 3 rings (SSSR count). The highest BCUT2D eigenvalue weighted by atomic mass is 19.3. The average molecular weight is 304 g/mol. The van der Waals surface area contributed by atoms with Crippen LogP contribution in [-0.4, -0.2) is 21.2 Å². The summed E-state index contributed by atoms with van der Waals surface area (Å²) >= 11 is 0. The molecular formula is C15H14F2N4O. The van der Waals surface area contributed by atoms with E-state index in [-0.39, 0.29) is 5.75 Å². The van der Waals surface area contributed by atoms with Crippen LogP contribution in [0.4, 0.5) is 14.6 Å². The molecule has 0 aliphatic rings. The normalized spacial score (nSPS) is 11.1. The van der Waals surface area contributed by atoms with Crippen molar-refractivity contribution < 1.29 is 13.5 Å². The van der Waals surface area contributed by atoms with E-state index in [0.717, 1.165) is 11.2 Å². The van der Waals surface area contributed by atoms with Crippen molar-refractivity contribution in [2.24, 2.45) is 0 Å². The van der Waals surface area contributed by atoms with Gasteiger partial charge in [0.25, 0.3) is 0 Å². The standard InChI is InChI=1S/C15H14F2N4O/c1-10-8-12-14(18-6-7-21(12)20-10)19-9-11-4-2-3-5-13(11)22-15(16)17/h2-8,15H,9H2,1H3,(H,18,19). The van der Waals surface area contributed by atoms with Crippen molar-refractivity contribution in [3.8, 4) is 5.75 Å². The fraction of sp³-hybridized carbons (Fsp3) is 0.200. The molecule has 0 saturated carbocycles. The van der Waals surface area contributed by atoms with E-state index >= 15 is 0 Å². The maximum atomic E-state index is 12.4. The quantitative estimate of drug-likeness (QED) is 0.786. The number of aromatic nitrogens is 3. The van der Waals surface area contributed by atoms with E-state index in [1.807, 2.05) is 13.0 Å². The third-order valence-corrected chi connectivity index (χ3v) is 3.15. The number of benzene rings is 1. The smallest absolute Gasteiger partial charge is 0.387 e. The van der Waals surface area contributed by atoms with E-state index in [4.69, 9.17) is 0 Å². The molecule has 0 aliphatic carbocycles. The summed E-state index contributed by atoms with van der Waals surface area (Å²) < 4.78 is 31.0. The van der Waals surface area contributed by atoms with Crippen LogP contribution >= 0.6 is 0 Å². The highest BCUT2D eigenvalue weighted by Crippen LogP contribution is 2.22. The fourth-order valence-electron chi connectivity index (χ4n) is 2.22. The van der Waals surface area contributed by atoms with Crippen molar-refractivity contribution in [2.75, 3.05) is 5.32 Å². The van der Waals surface area contributed by atoms with Crippen LogP contribution in [0.5, 0.6) is 5.75 Å². The number of halogens is 2. The Balaban J connectivity index is 1.82. The van der Waals surface area contributed by atoms with Crippen molar-refractivity contribution in [3.05, 3.63) is 54.0 Å². The van der Waals surface area contributed by atoms with Crippen LogP contribution in [0.3, 0.4) is 0 Å². The van der Waals surface area contributed by atoms with Crippen molar-refractivity contribution in [3.63, 3.8) is 0 Å². The Labute approximate surface area is 125 Å². The van der Waals surface area contributed by atoms with E-state index < -0.39 is 6.61 Å². The summed E-state index contributed by atoms with van der Waals surface area (Å²) in [4.78, 5) is 4.26. The van der Waals surface area contributed by atoms with Crippen LogP contribution < -0.4 is 10.1 Å². The first kappa shape index (κ1) is 14.2. The molecule has 3 aromatic rings. The molecule has 0 atom stereocenters. The molecule has 0 unspecified atom stereocenters. The van der Waals surface area contributed by atoms with Gasteiger partial charge in [-0.15, -0.1) is 0 Å². The maximum Gasteiger partial charge on any atom is 0.387 e. The largest absolute Gasteiger partial charge is 0.434 e. The lowest BCUT2D eigenvalue weighted by Crippen LogP contribution is -2.08. The molecule has 22 heavy (non-hydrogen) atoms. The minimum atomic E-state index is -2.85. The number of fused-ring (bicyclic) bond motifs is 1. The topological polar surface area (TPSA) is 51.5 Å². The van der Waals surface area contributed by atoms with Crippen LogP contribution in [0.1, 0.15) is 11.3 Å². The van der Waals surface area contributed by atoms with Crippen LogP contribution in [-0.2, 0) is 6.54 Å². The predicted molar refractivity (Wildman–Crippen MR) is 78.1 cm³/mol. The van der Waals surface area contributed by atoms with Gasteiger partial charge in [-0.05, 0) is 19.1 Å². The van der Waals surface area contributed by atoms with Gasteiger partial charge in [0.05, 0.1) is 5.69 Å². The summed E-state index contributed by atoms with van der Waals surface area (Å²) in [6.07, 6.45) is 3.38. The summed E-state index contributed by atoms with van der Waals surface area (Å²) in [5.41, 5.74) is 2.33. The van der Waals surface area contributed by atoms with Gasteiger partial charge in [-0.3, -0.25) is 0 Å². The summed E-state index contributed by atoms with van der Waals surface area (Å²) in [5, 5.41) is 7.43. The molecule has 0 saturated heterocycles. The molecule has 0 radical (unpaired) electrons. The van der Waals surface area contributed by atoms with Gasteiger partial charge in [0.2, 0.25) is 0 Å². The number of aryl methyl sites for hydroxylation is 1. The van der Waals surface area contributed by atoms with Gasteiger partial charge >= 0.3 is 6.61 Å². The molecule has 114 valence electrons. The summed E-state index contributed by atoms with van der Waals surface area (Å²) in [6.45, 7) is -0.636. The van der Waals surface area contributed by atoms with Crippen LogP contribution in [0.2, 0.25) is 0 Å². The number of nitrogens with one attached hydrogen (secondary N) is 1. The Morgan fingerprint density at radius 1 is 1.32 bits per heavy atom. The molecule has 1 aromatic carbocycles. The van der Waals surface area contributed by atoms with Gasteiger partial charge in [-0.2, -0.15) is 13.9 Å². The summed E-state index contributed by atoms with van der Waals surface area (Å²) in [7, 11) is 0. The molecule has 2 aromatic heterocycles. The fourth-order valence-corrected chi connectivity index (χ4v) is 2.22. The lowest BCUT2D eigenvalue weighted by atomic mass is 10.2. The Morgan fingerprint density at radius 3 is 2.95 bits per heavy atom. The number of hydrogen-bond acceptors (Lipinski definition) is 4. The van der Waals surface area contributed by atoms with Crippen molar-refractivity contribution in [2.45, 2.75) is 20.1 Å². The molecule has 0 fully saturated rings. The molecule has 0 aliphatic heterocycles. The molecule has 2 heterocycles. The zero-order chi connectivity index (χ0) is 15.5. The number of rotatable bonds is 5. The molecule has 5 nitrogen and oxygen atoms in total. The third-order valence-electron chi connectivity index (χ3n) is 3.15. The number of alkyl halides is 2. The Hall–Kier alpha value is -2.70. The summed E-state index contributed by atoms with van der Waals surface area (Å²) in [6, 6.07) is 8.57. The zero-order valence-electron chi connectivity index (χ0n) is 11.8. The highest BCUT2D eigenvalue weighted by Gasteiger charge is 2.10. The van der Waals surface area contributed by atoms with E-state index in [1.54, 1.807) is 35.1 Å². The van der Waals surface area contributed by atoms with Gasteiger partial charge in [0.1, 0.15) is 11.3 Å². The van der Waals surface area contributed by atoms with Gasteiger partial charge in [-0.25, -0.2) is 9.50 Å². The van der Waals surface area contributed by atoms with E-state index in [2.05, 4.69) is 20.1 Å². The van der Waals surface area contributed by atoms with E-state index in [9.17, 15) is 8.78 Å². The Kier molecular flexibility index (Phi) is 3.86. The predicted octanol–water partition coefficient (Wildman–Crippen LogP) is 3.25. The first-order valence-corrected chi connectivity index (χ1v) is 6.71. The first-order valence-electron chi connectivity index (χ1n) is 6.71. The van der Waals surface area contributed by atoms with Crippen LogP contribution in [0.15, 0.2) is 42.7 Å². The second kappa shape index (κ2) is 5.97. The molecule has 0 bridgehead atoms. The molecule has 7 heteroatoms. The second-order valence-electron chi connectivity index (χ2n) is 4.73. The number of hydrogen-bond donors (Lipinski definition) is 1. The van der Waals surface area contributed by atoms with Crippen molar-refractivity contribution in [1.82, 2.24) is 14.6 Å². The van der Waals surface area contributed by atoms with Gasteiger partial charge in [-0.1, -0.05) is 18.2 Å². The van der Waals surface area contributed by atoms with Gasteiger partial charge in [0, 0.05) is 24.5 Å². The van der Waals surface area contributed by atoms with Crippen molar-refractivity contribution in [1.29, 1.82) is 0 Å². The lowest BCUT2D eigenvalue weighted by Gasteiger charge is -2.12. The number of ether oxygens (including phenoxy) is 1. The molecule has 0 spiro atoms. The minimum absolute atomic E-state index is 0.154. The minimum Gasteiger partial charge on any atom is -0.434 e. The number of nitrogens with zero attached hydrogens (tertiary/aromatic N) is 3. The average Bonchev–Trinajstić information content (AvgIpc) is 2.86. The molecular weight excluding hydrogens is 290 g/mol. The Bertz CT molecular complexity index is 788. The first-order chi connectivity index (χ1) is 10.6. The van der Waals surface area contributed by atoms with Gasteiger partial charge in [0.15, 0.2) is 5.82 Å². The monoisotopic (exact) mass is 304 g/mol. The second-order valence-corrected chi connectivity index (χ2v) is 4.73. The Morgan fingerprint density at radius 2 is 2.14 bits per heavy atom. The highest BCUT2D eigenvalue weighted by molar-refractivity contribution is 5.67. The number of para-hydroxylation sites is 1. The maximum absolute atomic E-state index is 12.4. The SMILES string of the molecule is Cc1cc2c(NCc3ccccc3OC(F)F)nccn2n1. The van der Waals surface area contributed by atoms with Gasteiger partial charge < -0.3 is 10.1 Å². The van der Waals surface area contributed by atoms with Crippen LogP contribution in [0, 0.1) is 6.92 Å².